The molecule has 3 nitrogen and oxygen atoms in total. The molecule has 4 heteroatoms. The van der Waals surface area contributed by atoms with E-state index in [2.05, 4.69) is 34.1 Å². The van der Waals surface area contributed by atoms with E-state index in [1.54, 1.807) is 0 Å². The average molecular weight is 262 g/mol. The smallest absolute Gasteiger partial charge is 0.313 e. The maximum absolute atomic E-state index is 12.0. The molecule has 0 saturated heterocycles. The Balaban J connectivity index is 4.17. The van der Waals surface area contributed by atoms with Crippen LogP contribution in [-0.4, -0.2) is 43.3 Å². The van der Waals surface area contributed by atoms with Gasteiger partial charge in [0.1, 0.15) is 0 Å². The number of rotatable bonds is 7. The fourth-order valence-electron chi connectivity index (χ4n) is 1.54. The van der Waals surface area contributed by atoms with E-state index in [-0.39, 0.29) is 31.6 Å². The lowest BCUT2D eigenvalue weighted by Gasteiger charge is -2.27. The molecule has 1 N–H and O–H groups in total. The first kappa shape index (κ1) is 16.9. The van der Waals surface area contributed by atoms with Gasteiger partial charge in [0.25, 0.3) is 0 Å². The molecule has 0 radical (unpaired) electrons. The van der Waals surface area contributed by atoms with Crippen molar-refractivity contribution in [1.29, 1.82) is 0 Å². The van der Waals surface area contributed by atoms with Crippen molar-refractivity contribution in [2.24, 2.45) is 5.41 Å². The Morgan fingerprint density at radius 2 is 1.88 bits per heavy atom. The Kier molecular flexibility index (Phi) is 7.98. The fourth-order valence-corrected chi connectivity index (χ4v) is 2.95. The van der Waals surface area contributed by atoms with Gasteiger partial charge in [-0.3, -0.25) is 4.79 Å². The van der Waals surface area contributed by atoms with Gasteiger partial charge in [-0.2, -0.15) is 0 Å². The van der Waals surface area contributed by atoms with Crippen LogP contribution in [0.5, 0.6) is 0 Å². The highest BCUT2D eigenvalue weighted by Gasteiger charge is 2.28. The van der Waals surface area contributed by atoms with Crippen molar-refractivity contribution < 1.29 is 14.6 Å². The number of hydrogen-bond acceptors (Lipinski definition) is 3. The molecule has 0 bridgehead atoms. The molecule has 0 aromatic carbocycles. The molecule has 102 valence electrons. The molecular formula is C13H27O3P. The van der Waals surface area contributed by atoms with Gasteiger partial charge in [-0.25, -0.2) is 0 Å². The number of unbranched alkanes of at least 4 members (excludes halogenated alkanes) is 1. The minimum absolute atomic E-state index is 0.0409. The van der Waals surface area contributed by atoms with Crippen LogP contribution in [0.3, 0.4) is 0 Å². The number of hydrogen-bond donors (Lipinski definition) is 1. The second-order valence-corrected chi connectivity index (χ2v) is 8.39. The van der Waals surface area contributed by atoms with Gasteiger partial charge in [0.05, 0.1) is 12.3 Å². The standard InChI is InChI=1S/C13H27O3P/c1-13(2,3)10-11(17(4)5)12(15)16-9-7-6-8-14/h11,14H,6-10H2,1-5H3. The third kappa shape index (κ3) is 8.57. The van der Waals surface area contributed by atoms with Gasteiger partial charge >= 0.3 is 5.97 Å². The largest absolute Gasteiger partial charge is 0.465 e. The molecule has 1 unspecified atom stereocenters. The summed E-state index contributed by atoms with van der Waals surface area (Å²) in [6, 6.07) is 0. The van der Waals surface area contributed by atoms with Gasteiger partial charge in [0.15, 0.2) is 0 Å². The lowest BCUT2D eigenvalue weighted by molar-refractivity contribution is -0.143. The zero-order chi connectivity index (χ0) is 13.5. The Bertz CT molecular complexity index is 221. The van der Waals surface area contributed by atoms with Crippen LogP contribution in [0.1, 0.15) is 40.0 Å². The van der Waals surface area contributed by atoms with Crippen molar-refractivity contribution in [1.82, 2.24) is 0 Å². The molecule has 0 aliphatic heterocycles. The van der Waals surface area contributed by atoms with Crippen LogP contribution in [0, 0.1) is 5.41 Å². The summed E-state index contributed by atoms with van der Waals surface area (Å²) in [4.78, 5) is 12.0. The SMILES string of the molecule is CP(C)C(CC(C)(C)C)C(=O)OCCCCO. The van der Waals surface area contributed by atoms with E-state index in [4.69, 9.17) is 9.84 Å². The fraction of sp³-hybridized carbons (Fsp3) is 0.923. The summed E-state index contributed by atoms with van der Waals surface area (Å²) in [5, 5.41) is 8.64. The van der Waals surface area contributed by atoms with E-state index in [1.807, 2.05) is 0 Å². The summed E-state index contributed by atoms with van der Waals surface area (Å²) in [5.41, 5.74) is 0.195. The van der Waals surface area contributed by atoms with Crippen molar-refractivity contribution >= 4 is 13.9 Å². The minimum atomic E-state index is -0.316. The van der Waals surface area contributed by atoms with Crippen LogP contribution in [0.25, 0.3) is 0 Å². The molecule has 0 amide bonds. The second-order valence-electron chi connectivity index (χ2n) is 5.84. The first-order valence-corrected chi connectivity index (χ1v) is 8.52. The molecule has 0 rings (SSSR count). The Hall–Kier alpha value is -0.140. The summed E-state index contributed by atoms with van der Waals surface area (Å²) in [6.07, 6.45) is 2.32. The average Bonchev–Trinajstić information content (AvgIpc) is 2.19. The predicted octanol–water partition coefficient (Wildman–Crippen LogP) is 2.85. The van der Waals surface area contributed by atoms with Crippen LogP contribution in [-0.2, 0) is 9.53 Å². The van der Waals surface area contributed by atoms with Crippen molar-refractivity contribution in [3.8, 4) is 0 Å². The maximum atomic E-state index is 12.0. The highest BCUT2D eigenvalue weighted by Crippen LogP contribution is 2.40. The first-order valence-electron chi connectivity index (χ1n) is 6.22. The van der Waals surface area contributed by atoms with Crippen LogP contribution < -0.4 is 0 Å². The van der Waals surface area contributed by atoms with Crippen LogP contribution in [0.15, 0.2) is 0 Å². The highest BCUT2D eigenvalue weighted by molar-refractivity contribution is 7.57. The number of carbonyl (C=O) groups is 1. The Morgan fingerprint density at radius 3 is 2.29 bits per heavy atom. The summed E-state index contributed by atoms with van der Waals surface area (Å²) < 4.78 is 5.28. The van der Waals surface area contributed by atoms with Gasteiger partial charge in [-0.05, 0) is 38.0 Å². The topological polar surface area (TPSA) is 46.5 Å². The van der Waals surface area contributed by atoms with E-state index in [1.165, 1.54) is 0 Å². The van der Waals surface area contributed by atoms with E-state index in [9.17, 15) is 4.79 Å². The van der Waals surface area contributed by atoms with Gasteiger partial charge in [-0.15, -0.1) is 0 Å². The van der Waals surface area contributed by atoms with Crippen molar-refractivity contribution in [2.45, 2.75) is 45.7 Å². The van der Waals surface area contributed by atoms with Gasteiger partial charge in [0, 0.05) is 6.61 Å². The van der Waals surface area contributed by atoms with E-state index < -0.39 is 0 Å². The molecule has 0 spiro atoms. The number of aliphatic hydroxyl groups is 1. The number of aliphatic hydroxyl groups excluding tert-OH is 1. The molecule has 0 fully saturated rings. The van der Waals surface area contributed by atoms with E-state index in [0.717, 1.165) is 12.8 Å². The second kappa shape index (κ2) is 8.05. The molecule has 17 heavy (non-hydrogen) atoms. The normalized spacial score (nSPS) is 13.8. The summed E-state index contributed by atoms with van der Waals surface area (Å²) in [5.74, 6) is -0.0611. The number of carbonyl (C=O) groups excluding carboxylic acids is 1. The summed E-state index contributed by atoms with van der Waals surface area (Å²) in [6.45, 7) is 11.3. The van der Waals surface area contributed by atoms with Crippen molar-refractivity contribution in [3.05, 3.63) is 0 Å². The third-order valence-corrected chi connectivity index (χ3v) is 4.14. The third-order valence-electron chi connectivity index (χ3n) is 2.50. The van der Waals surface area contributed by atoms with Crippen LogP contribution in [0.4, 0.5) is 0 Å². The molecule has 0 aliphatic carbocycles. The first-order chi connectivity index (χ1) is 7.78. The number of ether oxygens (including phenoxy) is 1. The highest BCUT2D eigenvalue weighted by atomic mass is 31.1. The molecule has 0 aromatic rings. The Labute approximate surface area is 107 Å². The van der Waals surface area contributed by atoms with E-state index >= 15 is 0 Å². The Morgan fingerprint density at radius 1 is 1.29 bits per heavy atom. The lowest BCUT2D eigenvalue weighted by Crippen LogP contribution is -2.27. The molecule has 0 aromatic heterocycles. The maximum Gasteiger partial charge on any atom is 0.313 e. The quantitative estimate of drug-likeness (QED) is 0.436. The van der Waals surface area contributed by atoms with Gasteiger partial charge in [-0.1, -0.05) is 28.7 Å². The molecule has 0 saturated carbocycles. The van der Waals surface area contributed by atoms with Crippen LogP contribution >= 0.6 is 7.92 Å². The molecule has 0 heterocycles. The molecule has 1 atom stereocenters. The zero-order valence-electron chi connectivity index (χ0n) is 11.8. The number of esters is 1. The monoisotopic (exact) mass is 262 g/mol. The lowest BCUT2D eigenvalue weighted by atomic mass is 9.90. The molecule has 0 aliphatic rings. The summed E-state index contributed by atoms with van der Waals surface area (Å²) in [7, 11) is -0.316. The van der Waals surface area contributed by atoms with Gasteiger partial charge in [0.2, 0.25) is 0 Å². The minimum Gasteiger partial charge on any atom is -0.465 e. The molecular weight excluding hydrogens is 235 g/mol. The van der Waals surface area contributed by atoms with Crippen LogP contribution in [0.2, 0.25) is 0 Å². The predicted molar refractivity (Wildman–Crippen MR) is 73.9 cm³/mol. The van der Waals surface area contributed by atoms with Gasteiger partial charge < -0.3 is 9.84 Å². The van der Waals surface area contributed by atoms with E-state index in [0.29, 0.717) is 13.0 Å². The van der Waals surface area contributed by atoms with Crippen molar-refractivity contribution in [3.63, 3.8) is 0 Å². The summed E-state index contributed by atoms with van der Waals surface area (Å²) >= 11 is 0. The zero-order valence-corrected chi connectivity index (χ0v) is 12.7. The van der Waals surface area contributed by atoms with Crippen molar-refractivity contribution in [2.75, 3.05) is 26.5 Å².